The van der Waals surface area contributed by atoms with Gasteiger partial charge in [-0.3, -0.25) is 0 Å². The van der Waals surface area contributed by atoms with Crippen molar-refractivity contribution < 1.29 is 0 Å². The number of hydrogen-bond acceptors (Lipinski definition) is 0. The third kappa shape index (κ3) is 7.02. The van der Waals surface area contributed by atoms with Crippen LogP contribution in [0.4, 0.5) is 0 Å². The van der Waals surface area contributed by atoms with Crippen LogP contribution in [0, 0.1) is 0 Å². The fraction of sp³-hybridized carbons (Fsp3) is 0.657. The van der Waals surface area contributed by atoms with Crippen molar-refractivity contribution >= 4 is 0 Å². The quantitative estimate of drug-likeness (QED) is 0.413. The molecule has 35 heavy (non-hydrogen) atoms. The van der Waals surface area contributed by atoms with E-state index in [1.807, 2.05) is 0 Å². The Balaban J connectivity index is 2.74. The Morgan fingerprint density at radius 3 is 1.31 bits per heavy atom. The van der Waals surface area contributed by atoms with Crippen LogP contribution < -0.4 is 0 Å². The smallest absolute Gasteiger partial charge is 0.0129 e. The summed E-state index contributed by atoms with van der Waals surface area (Å²) in [5.74, 6) is 0.445. The summed E-state index contributed by atoms with van der Waals surface area (Å²) in [5, 5.41) is 0. The molecule has 0 spiro atoms. The highest BCUT2D eigenvalue weighted by Gasteiger charge is 2.31. The molecule has 0 aliphatic heterocycles. The van der Waals surface area contributed by atoms with Gasteiger partial charge in [-0.25, -0.2) is 0 Å². The van der Waals surface area contributed by atoms with Crippen LogP contribution in [0.3, 0.4) is 0 Å². The summed E-state index contributed by atoms with van der Waals surface area (Å²) in [6, 6.07) is 12.4. The molecule has 0 heteroatoms. The summed E-state index contributed by atoms with van der Waals surface area (Å²) in [7, 11) is 0. The summed E-state index contributed by atoms with van der Waals surface area (Å²) in [4.78, 5) is 0. The molecule has 1 unspecified atom stereocenters. The first-order chi connectivity index (χ1) is 15.4. The Morgan fingerprint density at radius 2 is 0.914 bits per heavy atom. The van der Waals surface area contributed by atoms with E-state index in [9.17, 15) is 0 Å². The highest BCUT2D eigenvalue weighted by Crippen LogP contribution is 2.42. The molecule has 196 valence electrons. The van der Waals surface area contributed by atoms with Crippen LogP contribution in [-0.2, 0) is 33.5 Å². The van der Waals surface area contributed by atoms with Crippen molar-refractivity contribution in [1.29, 1.82) is 0 Å². The second-order valence-electron chi connectivity index (χ2n) is 16.2. The van der Waals surface area contributed by atoms with E-state index in [4.69, 9.17) is 0 Å². The Hall–Kier alpha value is -1.56. The zero-order valence-electron chi connectivity index (χ0n) is 26.2. The fourth-order valence-corrected chi connectivity index (χ4v) is 5.27. The van der Waals surface area contributed by atoms with Gasteiger partial charge >= 0.3 is 0 Å². The third-order valence-electron chi connectivity index (χ3n) is 7.45. The normalized spacial score (nSPS) is 14.9. The highest BCUT2D eigenvalue weighted by atomic mass is 14.4. The Bertz CT molecular complexity index is 1030. The van der Waals surface area contributed by atoms with Crippen LogP contribution >= 0.6 is 0 Å². The minimum atomic E-state index is 0.100. The zero-order chi connectivity index (χ0) is 27.4. The van der Waals surface area contributed by atoms with Crippen molar-refractivity contribution in [3.8, 4) is 0 Å². The summed E-state index contributed by atoms with van der Waals surface area (Å²) in [6.07, 6.45) is 1.07. The first-order valence-electron chi connectivity index (χ1n) is 13.8. The molecule has 0 saturated heterocycles. The molecule has 0 bridgehead atoms. The van der Waals surface area contributed by atoms with Gasteiger partial charge in [0.25, 0.3) is 0 Å². The van der Waals surface area contributed by atoms with Crippen molar-refractivity contribution in [3.05, 3.63) is 69.3 Å². The molecule has 0 aliphatic carbocycles. The molecule has 0 amide bonds. The first kappa shape index (κ1) is 29.7. The Morgan fingerprint density at radius 1 is 0.486 bits per heavy atom. The predicted octanol–water partition coefficient (Wildman–Crippen LogP) is 10.5. The first-order valence-corrected chi connectivity index (χ1v) is 13.8. The molecule has 0 radical (unpaired) electrons. The lowest BCUT2D eigenvalue weighted by molar-refractivity contribution is 0.516. The monoisotopic (exact) mass is 476 g/mol. The molecule has 0 N–H and O–H groups in total. The molecule has 2 rings (SSSR count). The van der Waals surface area contributed by atoms with Gasteiger partial charge in [-0.05, 0) is 78.4 Å². The van der Waals surface area contributed by atoms with E-state index in [0.29, 0.717) is 5.92 Å². The summed E-state index contributed by atoms with van der Waals surface area (Å²) in [5.41, 5.74) is 11.1. The Labute approximate surface area is 219 Å². The average Bonchev–Trinajstić information content (AvgIpc) is 2.63. The van der Waals surface area contributed by atoms with Crippen molar-refractivity contribution in [2.75, 3.05) is 0 Å². The van der Waals surface area contributed by atoms with Crippen LogP contribution in [0.1, 0.15) is 156 Å². The number of benzene rings is 2. The third-order valence-corrected chi connectivity index (χ3v) is 7.45. The SMILES string of the molecule is CC(Cc1ccc(C(C)(C)C)cc1C(C)(C)C)c1cc(C(C)(C)C)c(C(C)(C)C)cc1C(C)(C)C. The maximum atomic E-state index is 2.58. The zero-order valence-corrected chi connectivity index (χ0v) is 26.2. The standard InChI is InChI=1S/C35H56/c1-23(19-24-17-18-25(31(2,3)4)20-27(24)32(5,6)7)26-21-29(34(11,12)13)30(35(14,15)16)22-28(26)33(8,9)10/h17-18,20-23H,19H2,1-16H3. The maximum absolute atomic E-state index is 2.58. The van der Waals surface area contributed by atoms with Crippen LogP contribution in [0.15, 0.2) is 30.3 Å². The molecule has 0 heterocycles. The minimum absolute atomic E-state index is 0.100. The second-order valence-corrected chi connectivity index (χ2v) is 16.2. The van der Waals surface area contributed by atoms with Gasteiger partial charge in [-0.15, -0.1) is 0 Å². The van der Waals surface area contributed by atoms with Crippen molar-refractivity contribution in [1.82, 2.24) is 0 Å². The molecule has 0 aliphatic rings. The lowest BCUT2D eigenvalue weighted by atomic mass is 9.69. The van der Waals surface area contributed by atoms with Gasteiger partial charge in [0, 0.05) is 0 Å². The lowest BCUT2D eigenvalue weighted by Gasteiger charge is -2.36. The molecule has 0 fully saturated rings. The van der Waals surface area contributed by atoms with Crippen molar-refractivity contribution in [2.24, 2.45) is 0 Å². The summed E-state index contributed by atoms with van der Waals surface area (Å²) < 4.78 is 0. The fourth-order valence-electron chi connectivity index (χ4n) is 5.27. The van der Waals surface area contributed by atoms with Gasteiger partial charge in [0.05, 0.1) is 0 Å². The molecule has 2 aromatic rings. The van der Waals surface area contributed by atoms with Crippen LogP contribution in [0.5, 0.6) is 0 Å². The van der Waals surface area contributed by atoms with E-state index in [2.05, 4.69) is 141 Å². The predicted molar refractivity (Wildman–Crippen MR) is 159 cm³/mol. The van der Waals surface area contributed by atoms with Crippen molar-refractivity contribution in [3.63, 3.8) is 0 Å². The van der Waals surface area contributed by atoms with E-state index < -0.39 is 0 Å². The van der Waals surface area contributed by atoms with Crippen LogP contribution in [-0.4, -0.2) is 0 Å². The van der Waals surface area contributed by atoms with Gasteiger partial charge in [0.2, 0.25) is 0 Å². The van der Waals surface area contributed by atoms with Gasteiger partial charge in [0.15, 0.2) is 0 Å². The van der Waals surface area contributed by atoms with E-state index in [-0.39, 0.29) is 27.1 Å². The van der Waals surface area contributed by atoms with Gasteiger partial charge in [0.1, 0.15) is 0 Å². The molecule has 0 nitrogen and oxygen atoms in total. The van der Waals surface area contributed by atoms with Gasteiger partial charge in [-0.1, -0.05) is 141 Å². The van der Waals surface area contributed by atoms with Crippen LogP contribution in [0.2, 0.25) is 0 Å². The molecular formula is C35H56. The molecular weight excluding hydrogens is 420 g/mol. The lowest BCUT2D eigenvalue weighted by Crippen LogP contribution is -2.26. The van der Waals surface area contributed by atoms with E-state index in [1.54, 1.807) is 0 Å². The second kappa shape index (κ2) is 9.39. The highest BCUT2D eigenvalue weighted by molar-refractivity contribution is 5.49. The van der Waals surface area contributed by atoms with Gasteiger partial charge in [-0.2, -0.15) is 0 Å². The van der Waals surface area contributed by atoms with Crippen molar-refractivity contribution in [2.45, 2.75) is 150 Å². The Kier molecular flexibility index (Phi) is 7.96. The number of rotatable bonds is 3. The molecule has 0 aromatic heterocycles. The van der Waals surface area contributed by atoms with E-state index in [0.717, 1.165) is 6.42 Å². The molecule has 0 saturated carbocycles. The van der Waals surface area contributed by atoms with E-state index >= 15 is 0 Å². The number of hydrogen-bond donors (Lipinski definition) is 0. The average molecular weight is 477 g/mol. The van der Waals surface area contributed by atoms with E-state index in [1.165, 1.54) is 38.9 Å². The molecule has 2 aromatic carbocycles. The summed E-state index contributed by atoms with van der Waals surface area (Å²) >= 11 is 0. The topological polar surface area (TPSA) is 0 Å². The summed E-state index contributed by atoms with van der Waals surface area (Å²) in [6.45, 7) is 37.8. The largest absolute Gasteiger partial charge is 0.0584 e. The minimum Gasteiger partial charge on any atom is -0.0584 e. The maximum Gasteiger partial charge on any atom is -0.0129 e. The molecule has 1 atom stereocenters. The van der Waals surface area contributed by atoms with Gasteiger partial charge < -0.3 is 0 Å². The van der Waals surface area contributed by atoms with Crippen LogP contribution in [0.25, 0.3) is 0 Å².